The number of carbonyl (C=O) groups is 1. The monoisotopic (exact) mass is 414 g/mol. The van der Waals surface area contributed by atoms with E-state index in [0.717, 1.165) is 11.3 Å². The van der Waals surface area contributed by atoms with Gasteiger partial charge in [-0.05, 0) is 24.3 Å². The fourth-order valence-electron chi connectivity index (χ4n) is 2.28. The SMILES string of the molecule is COc1ccc2c(Cl)c(C(=O)OCCOc3ccccc3F)sc2c1Cl. The van der Waals surface area contributed by atoms with Gasteiger partial charge in [-0.2, -0.15) is 0 Å². The molecule has 1 aromatic heterocycles. The van der Waals surface area contributed by atoms with E-state index in [1.54, 1.807) is 24.3 Å². The van der Waals surface area contributed by atoms with E-state index >= 15 is 0 Å². The Balaban J connectivity index is 1.67. The molecule has 8 heteroatoms. The van der Waals surface area contributed by atoms with Crippen molar-refractivity contribution in [3.8, 4) is 11.5 Å². The number of hydrogen-bond acceptors (Lipinski definition) is 5. The Labute approximate surface area is 163 Å². The molecular weight excluding hydrogens is 402 g/mol. The molecule has 2 aromatic carbocycles. The molecule has 0 fully saturated rings. The molecule has 3 aromatic rings. The molecule has 0 unspecified atom stereocenters. The summed E-state index contributed by atoms with van der Waals surface area (Å²) in [5.74, 6) is -0.476. The van der Waals surface area contributed by atoms with Crippen molar-refractivity contribution in [1.82, 2.24) is 0 Å². The van der Waals surface area contributed by atoms with Gasteiger partial charge in [0.1, 0.15) is 28.9 Å². The fourth-order valence-corrected chi connectivity index (χ4v) is 4.06. The minimum atomic E-state index is -0.594. The summed E-state index contributed by atoms with van der Waals surface area (Å²) in [6.45, 7) is -0.0292. The average Bonchev–Trinajstić information content (AvgIpc) is 2.98. The van der Waals surface area contributed by atoms with Gasteiger partial charge in [-0.1, -0.05) is 35.3 Å². The first-order valence-electron chi connectivity index (χ1n) is 7.52. The van der Waals surface area contributed by atoms with Gasteiger partial charge in [0.2, 0.25) is 0 Å². The van der Waals surface area contributed by atoms with Gasteiger partial charge in [0.05, 0.1) is 16.8 Å². The summed E-state index contributed by atoms with van der Waals surface area (Å²) in [6, 6.07) is 9.41. The van der Waals surface area contributed by atoms with Crippen molar-refractivity contribution in [2.75, 3.05) is 20.3 Å². The molecule has 0 amide bonds. The number of halogens is 3. The maximum Gasteiger partial charge on any atom is 0.350 e. The number of para-hydroxylation sites is 1. The van der Waals surface area contributed by atoms with Gasteiger partial charge < -0.3 is 14.2 Å². The zero-order valence-electron chi connectivity index (χ0n) is 13.6. The zero-order valence-corrected chi connectivity index (χ0v) is 15.9. The lowest BCUT2D eigenvalue weighted by Crippen LogP contribution is -2.12. The topological polar surface area (TPSA) is 44.8 Å². The third-order valence-corrected chi connectivity index (χ3v) is 5.71. The normalized spacial score (nSPS) is 10.8. The number of benzene rings is 2. The first kappa shape index (κ1) is 18.8. The molecule has 0 aliphatic heterocycles. The quantitative estimate of drug-likeness (QED) is 0.389. The van der Waals surface area contributed by atoms with E-state index in [2.05, 4.69) is 0 Å². The number of hydrogen-bond donors (Lipinski definition) is 0. The van der Waals surface area contributed by atoms with E-state index < -0.39 is 11.8 Å². The molecule has 0 saturated heterocycles. The summed E-state index contributed by atoms with van der Waals surface area (Å²) in [6.07, 6.45) is 0. The molecule has 0 spiro atoms. The summed E-state index contributed by atoms with van der Waals surface area (Å²) >= 11 is 13.7. The van der Waals surface area contributed by atoms with Crippen LogP contribution in [0.3, 0.4) is 0 Å². The minimum absolute atomic E-state index is 0.0176. The second-order valence-corrected chi connectivity index (χ2v) is 6.90. The molecule has 26 heavy (non-hydrogen) atoms. The molecule has 0 aliphatic rings. The van der Waals surface area contributed by atoms with E-state index in [4.69, 9.17) is 37.4 Å². The molecule has 0 saturated carbocycles. The number of methoxy groups -OCH3 is 1. The van der Waals surface area contributed by atoms with E-state index in [1.807, 2.05) is 0 Å². The molecule has 3 rings (SSSR count). The molecule has 0 bridgehead atoms. The van der Waals surface area contributed by atoms with Gasteiger partial charge in [0.25, 0.3) is 0 Å². The molecule has 0 radical (unpaired) electrons. The Morgan fingerprint density at radius 2 is 1.85 bits per heavy atom. The molecular formula is C18H13Cl2FO4S. The Bertz CT molecular complexity index is 958. The van der Waals surface area contributed by atoms with Gasteiger partial charge in [0, 0.05) is 5.39 Å². The highest BCUT2D eigenvalue weighted by Crippen LogP contribution is 2.43. The van der Waals surface area contributed by atoms with Crippen LogP contribution in [0.1, 0.15) is 9.67 Å². The maximum atomic E-state index is 13.4. The van der Waals surface area contributed by atoms with Gasteiger partial charge >= 0.3 is 5.97 Å². The highest BCUT2D eigenvalue weighted by Gasteiger charge is 2.21. The summed E-state index contributed by atoms with van der Waals surface area (Å²) < 4.78 is 29.7. The maximum absolute atomic E-state index is 13.4. The molecule has 4 nitrogen and oxygen atoms in total. The van der Waals surface area contributed by atoms with Crippen molar-refractivity contribution in [1.29, 1.82) is 0 Å². The van der Waals surface area contributed by atoms with Crippen LogP contribution in [0.4, 0.5) is 4.39 Å². The third-order valence-electron chi connectivity index (χ3n) is 3.52. The van der Waals surface area contributed by atoms with Crippen molar-refractivity contribution in [2.24, 2.45) is 0 Å². The Morgan fingerprint density at radius 1 is 1.08 bits per heavy atom. The highest BCUT2D eigenvalue weighted by atomic mass is 35.5. The van der Waals surface area contributed by atoms with Crippen LogP contribution in [0.2, 0.25) is 10.0 Å². The summed E-state index contributed by atoms with van der Waals surface area (Å²) in [5.41, 5.74) is 0. The molecule has 1 heterocycles. The third kappa shape index (κ3) is 3.72. The lowest BCUT2D eigenvalue weighted by Gasteiger charge is -2.07. The smallest absolute Gasteiger partial charge is 0.350 e. The number of fused-ring (bicyclic) bond motifs is 1. The first-order valence-corrected chi connectivity index (χ1v) is 9.09. The average molecular weight is 415 g/mol. The number of esters is 1. The van der Waals surface area contributed by atoms with Crippen molar-refractivity contribution < 1.29 is 23.4 Å². The second kappa shape index (κ2) is 8.12. The van der Waals surface area contributed by atoms with Crippen LogP contribution in [-0.2, 0) is 4.74 Å². The number of thiophene rings is 1. The number of ether oxygens (including phenoxy) is 3. The number of carbonyl (C=O) groups excluding carboxylic acids is 1. The zero-order chi connectivity index (χ0) is 18.7. The molecule has 136 valence electrons. The molecule has 0 N–H and O–H groups in total. The van der Waals surface area contributed by atoms with E-state index in [9.17, 15) is 9.18 Å². The van der Waals surface area contributed by atoms with Crippen LogP contribution in [0.25, 0.3) is 10.1 Å². The summed E-state index contributed by atoms with van der Waals surface area (Å²) in [7, 11) is 1.51. The predicted molar refractivity (Wildman–Crippen MR) is 101 cm³/mol. The van der Waals surface area contributed by atoms with E-state index in [-0.39, 0.29) is 28.9 Å². The van der Waals surface area contributed by atoms with Gasteiger partial charge in [-0.15, -0.1) is 11.3 Å². The van der Waals surface area contributed by atoms with Gasteiger partial charge in [0.15, 0.2) is 11.6 Å². The van der Waals surface area contributed by atoms with Crippen LogP contribution in [-0.4, -0.2) is 26.3 Å². The van der Waals surface area contributed by atoms with Crippen LogP contribution >= 0.6 is 34.5 Å². The standard InChI is InChI=1S/C18H13Cl2FO4S/c1-23-13-7-6-10-14(19)17(26-16(10)15(13)20)18(22)25-9-8-24-12-5-3-2-4-11(12)21/h2-7H,8-9H2,1H3. The van der Waals surface area contributed by atoms with Crippen molar-refractivity contribution in [3.05, 3.63) is 57.1 Å². The van der Waals surface area contributed by atoms with Gasteiger partial charge in [-0.3, -0.25) is 0 Å². The largest absolute Gasteiger partial charge is 0.495 e. The van der Waals surface area contributed by atoms with Crippen LogP contribution in [0.5, 0.6) is 11.5 Å². The minimum Gasteiger partial charge on any atom is -0.495 e. The second-order valence-electron chi connectivity index (χ2n) is 5.12. The lowest BCUT2D eigenvalue weighted by atomic mass is 10.2. The predicted octanol–water partition coefficient (Wildman–Crippen LogP) is 5.59. The van der Waals surface area contributed by atoms with Crippen LogP contribution in [0.15, 0.2) is 36.4 Å². The van der Waals surface area contributed by atoms with E-state index in [1.165, 1.54) is 19.2 Å². The highest BCUT2D eigenvalue weighted by molar-refractivity contribution is 7.22. The summed E-state index contributed by atoms with van der Waals surface area (Å²) in [5, 5.41) is 1.31. The van der Waals surface area contributed by atoms with Crippen LogP contribution < -0.4 is 9.47 Å². The first-order chi connectivity index (χ1) is 12.5. The summed E-state index contributed by atoms with van der Waals surface area (Å²) in [4.78, 5) is 12.5. The van der Waals surface area contributed by atoms with Crippen molar-refractivity contribution >= 4 is 50.6 Å². The van der Waals surface area contributed by atoms with Gasteiger partial charge in [-0.25, -0.2) is 9.18 Å². The number of rotatable bonds is 6. The van der Waals surface area contributed by atoms with E-state index in [0.29, 0.717) is 20.9 Å². The molecule has 0 atom stereocenters. The molecule has 0 aliphatic carbocycles. The Morgan fingerprint density at radius 3 is 2.58 bits per heavy atom. The van der Waals surface area contributed by atoms with Crippen molar-refractivity contribution in [3.63, 3.8) is 0 Å². The van der Waals surface area contributed by atoms with Crippen molar-refractivity contribution in [2.45, 2.75) is 0 Å². The Kier molecular flexibility index (Phi) is 5.86. The van der Waals surface area contributed by atoms with Crippen LogP contribution in [0, 0.1) is 5.82 Å². The Hall–Kier alpha value is -2.02. The lowest BCUT2D eigenvalue weighted by molar-refractivity contribution is 0.0454. The fraction of sp³-hybridized carbons (Fsp3) is 0.167.